The number of rotatable bonds is 7. The summed E-state index contributed by atoms with van der Waals surface area (Å²) in [5.41, 5.74) is 4.02. The number of aryl methyl sites for hydroxylation is 1. The Morgan fingerprint density at radius 1 is 0.857 bits per heavy atom. The van der Waals surface area contributed by atoms with Crippen molar-refractivity contribution in [3.05, 3.63) is 65.2 Å². The van der Waals surface area contributed by atoms with Crippen LogP contribution in [-0.2, 0) is 6.42 Å². The molecule has 1 heteroatoms. The van der Waals surface area contributed by atoms with Gasteiger partial charge in [0, 0.05) is 11.5 Å². The molecule has 148 valence electrons. The highest BCUT2D eigenvalue weighted by Crippen LogP contribution is 2.36. The highest BCUT2D eigenvalue weighted by Gasteiger charge is 2.21. The third-order valence-electron chi connectivity index (χ3n) is 5.76. The van der Waals surface area contributed by atoms with Crippen molar-refractivity contribution >= 4 is 0 Å². The molecule has 2 aromatic rings. The molecule has 0 saturated heterocycles. The molecule has 3 rings (SSSR count). The van der Waals surface area contributed by atoms with Gasteiger partial charge in [-0.25, -0.2) is 0 Å². The number of ether oxygens (including phenoxy) is 1. The van der Waals surface area contributed by atoms with E-state index in [0.717, 1.165) is 30.8 Å². The number of benzene rings is 2. The van der Waals surface area contributed by atoms with Crippen LogP contribution < -0.4 is 4.74 Å². The van der Waals surface area contributed by atoms with Crippen molar-refractivity contribution in [2.45, 2.75) is 71.1 Å². The zero-order chi connectivity index (χ0) is 19.6. The van der Waals surface area contributed by atoms with Crippen LogP contribution in [0.4, 0.5) is 0 Å². The van der Waals surface area contributed by atoms with Crippen molar-refractivity contribution in [2.24, 2.45) is 5.92 Å². The van der Waals surface area contributed by atoms with Crippen molar-refractivity contribution in [1.82, 2.24) is 0 Å². The van der Waals surface area contributed by atoms with Crippen LogP contribution in [0.1, 0.15) is 81.4 Å². The van der Waals surface area contributed by atoms with Gasteiger partial charge in [0.15, 0.2) is 0 Å². The fourth-order valence-corrected chi connectivity index (χ4v) is 3.97. The van der Waals surface area contributed by atoms with Gasteiger partial charge in [0.05, 0.1) is 6.61 Å². The lowest BCUT2D eigenvalue weighted by Gasteiger charge is -2.26. The van der Waals surface area contributed by atoms with E-state index in [1.165, 1.54) is 49.7 Å². The lowest BCUT2D eigenvalue weighted by molar-refractivity contribution is 0.309. The van der Waals surface area contributed by atoms with Gasteiger partial charge in [0.2, 0.25) is 0 Å². The maximum atomic E-state index is 5.78. The molecule has 0 unspecified atom stereocenters. The summed E-state index contributed by atoms with van der Waals surface area (Å²) >= 11 is 0. The van der Waals surface area contributed by atoms with Crippen molar-refractivity contribution in [3.63, 3.8) is 0 Å². The van der Waals surface area contributed by atoms with E-state index in [4.69, 9.17) is 4.74 Å². The summed E-state index contributed by atoms with van der Waals surface area (Å²) in [6, 6.07) is 17.6. The summed E-state index contributed by atoms with van der Waals surface area (Å²) in [4.78, 5) is 0. The lowest BCUT2D eigenvalue weighted by Crippen LogP contribution is -2.12. The Hall–Kier alpha value is -2.20. The van der Waals surface area contributed by atoms with Crippen LogP contribution in [0.15, 0.2) is 48.5 Å². The van der Waals surface area contributed by atoms with Crippen LogP contribution in [0.25, 0.3) is 0 Å². The van der Waals surface area contributed by atoms with Gasteiger partial charge in [-0.1, -0.05) is 62.8 Å². The van der Waals surface area contributed by atoms with Gasteiger partial charge in [-0.05, 0) is 79.8 Å². The highest BCUT2D eigenvalue weighted by atomic mass is 16.5. The summed E-state index contributed by atoms with van der Waals surface area (Å²) in [5.74, 6) is 9.16. The first-order chi connectivity index (χ1) is 13.8. The fraction of sp³-hybridized carbons (Fsp3) is 0.481. The first kappa shape index (κ1) is 20.5. The van der Waals surface area contributed by atoms with E-state index < -0.39 is 0 Å². The van der Waals surface area contributed by atoms with Crippen molar-refractivity contribution < 1.29 is 4.74 Å². The third-order valence-corrected chi connectivity index (χ3v) is 5.76. The van der Waals surface area contributed by atoms with E-state index >= 15 is 0 Å². The van der Waals surface area contributed by atoms with E-state index in [0.29, 0.717) is 11.8 Å². The van der Waals surface area contributed by atoms with Crippen LogP contribution in [0, 0.1) is 17.8 Å². The molecule has 0 spiro atoms. The van der Waals surface area contributed by atoms with E-state index in [9.17, 15) is 0 Å². The zero-order valence-corrected chi connectivity index (χ0v) is 17.5. The van der Waals surface area contributed by atoms with E-state index in [1.54, 1.807) is 0 Å². The van der Waals surface area contributed by atoms with Crippen LogP contribution in [0.5, 0.6) is 5.75 Å². The predicted molar refractivity (Wildman–Crippen MR) is 119 cm³/mol. The molecule has 1 saturated carbocycles. The summed E-state index contributed by atoms with van der Waals surface area (Å²) in [6.45, 7) is 5.23. The zero-order valence-electron chi connectivity index (χ0n) is 17.5. The molecular formula is C27H34O. The molecule has 2 aromatic carbocycles. The minimum Gasteiger partial charge on any atom is -0.494 e. The van der Waals surface area contributed by atoms with Crippen molar-refractivity contribution in [2.75, 3.05) is 6.61 Å². The topological polar surface area (TPSA) is 9.23 Å². The molecule has 0 amide bonds. The average molecular weight is 375 g/mol. The first-order valence-electron chi connectivity index (χ1n) is 11.1. The molecule has 1 aliphatic carbocycles. The second-order valence-corrected chi connectivity index (χ2v) is 8.04. The molecule has 28 heavy (non-hydrogen) atoms. The Morgan fingerprint density at radius 3 is 2.21 bits per heavy atom. The standard InChI is InChI=1S/C27H34O/c1-3-5-21-28-27-19-17-26(18-20-27)25-15-13-24(14-16-25)12-11-23-9-7-22(6-4-2)8-10-23/h7-10,17-20,24-25H,3-6,13-16,21H2,1-2H3. The molecule has 0 atom stereocenters. The maximum absolute atomic E-state index is 5.78. The smallest absolute Gasteiger partial charge is 0.119 e. The molecule has 0 heterocycles. The molecule has 0 aromatic heterocycles. The minimum absolute atomic E-state index is 0.545. The SMILES string of the molecule is CCCCOc1ccc(C2CCC(C#Cc3ccc(CCC)cc3)CC2)cc1. The maximum Gasteiger partial charge on any atom is 0.119 e. The van der Waals surface area contributed by atoms with Crippen molar-refractivity contribution in [1.29, 1.82) is 0 Å². The summed E-state index contributed by atoms with van der Waals surface area (Å²) in [6.07, 6.45) is 9.55. The number of hydrogen-bond acceptors (Lipinski definition) is 1. The number of hydrogen-bond donors (Lipinski definition) is 0. The van der Waals surface area contributed by atoms with E-state index in [-0.39, 0.29) is 0 Å². The summed E-state index contributed by atoms with van der Waals surface area (Å²) in [7, 11) is 0. The third kappa shape index (κ3) is 6.16. The molecule has 0 N–H and O–H groups in total. The molecule has 0 radical (unpaired) electrons. The Morgan fingerprint density at radius 2 is 1.57 bits per heavy atom. The summed E-state index contributed by atoms with van der Waals surface area (Å²) < 4.78 is 5.78. The first-order valence-corrected chi connectivity index (χ1v) is 11.1. The number of unbranched alkanes of at least 4 members (excludes halogenated alkanes) is 1. The highest BCUT2D eigenvalue weighted by molar-refractivity contribution is 5.37. The molecule has 1 fully saturated rings. The van der Waals surface area contributed by atoms with Gasteiger partial charge >= 0.3 is 0 Å². The Balaban J connectivity index is 1.48. The molecule has 1 aliphatic rings. The Bertz CT molecular complexity index is 753. The second-order valence-electron chi connectivity index (χ2n) is 8.04. The van der Waals surface area contributed by atoms with E-state index in [2.05, 4.69) is 74.2 Å². The van der Waals surface area contributed by atoms with Crippen LogP contribution in [0.3, 0.4) is 0 Å². The van der Waals surface area contributed by atoms with Gasteiger partial charge in [-0.3, -0.25) is 0 Å². The van der Waals surface area contributed by atoms with Gasteiger partial charge in [-0.2, -0.15) is 0 Å². The second kappa shape index (κ2) is 11.0. The normalized spacial score (nSPS) is 18.9. The monoisotopic (exact) mass is 374 g/mol. The molecular weight excluding hydrogens is 340 g/mol. The predicted octanol–water partition coefficient (Wildman–Crippen LogP) is 7.14. The van der Waals surface area contributed by atoms with Crippen LogP contribution >= 0.6 is 0 Å². The van der Waals surface area contributed by atoms with Gasteiger partial charge in [-0.15, -0.1) is 0 Å². The van der Waals surface area contributed by atoms with Crippen LogP contribution in [0.2, 0.25) is 0 Å². The average Bonchev–Trinajstić information content (AvgIpc) is 2.75. The Kier molecular flexibility index (Phi) is 8.04. The lowest BCUT2D eigenvalue weighted by atomic mass is 9.79. The van der Waals surface area contributed by atoms with Gasteiger partial charge in [0.1, 0.15) is 5.75 Å². The van der Waals surface area contributed by atoms with Gasteiger partial charge < -0.3 is 4.74 Å². The Labute approximate surface area is 171 Å². The van der Waals surface area contributed by atoms with E-state index in [1.807, 2.05) is 0 Å². The minimum atomic E-state index is 0.545. The van der Waals surface area contributed by atoms with Crippen LogP contribution in [-0.4, -0.2) is 6.61 Å². The quantitative estimate of drug-likeness (QED) is 0.369. The molecule has 0 bridgehead atoms. The molecule has 0 aliphatic heterocycles. The summed E-state index contributed by atoms with van der Waals surface area (Å²) in [5, 5.41) is 0. The molecule has 1 nitrogen and oxygen atoms in total. The van der Waals surface area contributed by atoms with Gasteiger partial charge in [0.25, 0.3) is 0 Å². The fourth-order valence-electron chi connectivity index (χ4n) is 3.97. The van der Waals surface area contributed by atoms with Crippen molar-refractivity contribution in [3.8, 4) is 17.6 Å². The largest absolute Gasteiger partial charge is 0.494 e.